The summed E-state index contributed by atoms with van der Waals surface area (Å²) in [5.41, 5.74) is -0.290. The van der Waals surface area contributed by atoms with E-state index in [-0.39, 0.29) is 23.8 Å². The summed E-state index contributed by atoms with van der Waals surface area (Å²) >= 11 is 9.26. The van der Waals surface area contributed by atoms with E-state index in [1.807, 2.05) is 32.0 Å². The number of carbonyl (C=O) groups is 2. The van der Waals surface area contributed by atoms with Gasteiger partial charge in [-0.1, -0.05) is 102 Å². The molecule has 0 unspecified atom stereocenters. The zero-order valence-electron chi connectivity index (χ0n) is 26.1. The molecule has 1 atom stereocenters. The van der Waals surface area contributed by atoms with E-state index >= 15 is 0 Å². The predicted octanol–water partition coefficient (Wildman–Crippen LogP) is 7.73. The second-order valence-electron chi connectivity index (χ2n) is 11.5. The molecule has 4 rings (SSSR count). The fraction of sp³-hybridized carbons (Fsp3) is 0.257. The number of nitrogens with zero attached hydrogens (tertiary/aromatic N) is 2. The summed E-state index contributed by atoms with van der Waals surface area (Å²) in [4.78, 5) is 29.3. The monoisotopic (exact) mass is 763 g/mol. The molecule has 0 fully saturated rings. The minimum atomic E-state index is -4.90. The van der Waals surface area contributed by atoms with Crippen molar-refractivity contribution in [2.24, 2.45) is 5.92 Å². The van der Waals surface area contributed by atoms with E-state index in [0.29, 0.717) is 22.5 Å². The van der Waals surface area contributed by atoms with Gasteiger partial charge in [-0.25, -0.2) is 8.42 Å². The zero-order valence-corrected chi connectivity index (χ0v) is 29.3. The molecule has 0 aromatic heterocycles. The number of hydrogen-bond donors (Lipinski definition) is 1. The summed E-state index contributed by atoms with van der Waals surface area (Å²) in [6.45, 7) is 3.17. The molecule has 48 heavy (non-hydrogen) atoms. The Morgan fingerprint density at radius 2 is 1.48 bits per heavy atom. The number of sulfonamides is 1. The molecule has 0 heterocycles. The lowest BCUT2D eigenvalue weighted by molar-refractivity contribution is -0.140. The quantitative estimate of drug-likeness (QED) is 0.151. The van der Waals surface area contributed by atoms with Crippen molar-refractivity contribution >= 4 is 55.1 Å². The van der Waals surface area contributed by atoms with Gasteiger partial charge in [0, 0.05) is 24.0 Å². The molecule has 0 saturated heterocycles. The maximum absolute atomic E-state index is 14.5. The van der Waals surface area contributed by atoms with Crippen LogP contribution in [0.1, 0.15) is 30.5 Å². The number of benzene rings is 4. The van der Waals surface area contributed by atoms with Crippen molar-refractivity contribution in [1.29, 1.82) is 0 Å². The Hall–Kier alpha value is -3.87. The lowest BCUT2D eigenvalue weighted by Crippen LogP contribution is -2.53. The minimum Gasteiger partial charge on any atom is -0.354 e. The lowest BCUT2D eigenvalue weighted by atomic mass is 10.0. The average Bonchev–Trinajstić information content (AvgIpc) is 3.05. The van der Waals surface area contributed by atoms with Crippen LogP contribution < -0.4 is 9.62 Å². The van der Waals surface area contributed by atoms with Crippen LogP contribution in [-0.2, 0) is 38.8 Å². The van der Waals surface area contributed by atoms with Gasteiger partial charge >= 0.3 is 6.18 Å². The first-order valence-corrected chi connectivity index (χ1v) is 17.6. The molecule has 1 N–H and O–H groups in total. The van der Waals surface area contributed by atoms with Crippen molar-refractivity contribution in [3.8, 4) is 0 Å². The molecule has 254 valence electrons. The Kier molecular flexibility index (Phi) is 12.3. The van der Waals surface area contributed by atoms with Gasteiger partial charge in [0.05, 0.1) is 21.2 Å². The first-order valence-electron chi connectivity index (χ1n) is 15.0. The first-order chi connectivity index (χ1) is 22.7. The van der Waals surface area contributed by atoms with Crippen LogP contribution in [0.4, 0.5) is 18.9 Å². The number of nitrogens with one attached hydrogen (secondary N) is 1. The molecule has 0 aliphatic rings. The molecule has 7 nitrogen and oxygen atoms in total. The Morgan fingerprint density at radius 1 is 0.875 bits per heavy atom. The summed E-state index contributed by atoms with van der Waals surface area (Å²) in [6, 6.07) is 24.7. The third kappa shape index (κ3) is 9.61. The molecule has 0 spiro atoms. The number of alkyl halides is 3. The van der Waals surface area contributed by atoms with Crippen LogP contribution in [-0.4, -0.2) is 44.3 Å². The predicted molar refractivity (Wildman–Crippen MR) is 184 cm³/mol. The first kappa shape index (κ1) is 37.0. The van der Waals surface area contributed by atoms with Gasteiger partial charge in [-0.2, -0.15) is 13.2 Å². The van der Waals surface area contributed by atoms with Gasteiger partial charge in [-0.3, -0.25) is 13.9 Å². The SMILES string of the molecule is CC(C)CNC(=O)[C@H](Cc1ccccc1)N(Cc1ccc(Br)cc1)C(=O)CN(c1ccc(Cl)c(C(F)(F)F)c1)S(=O)(=O)c1ccccc1. The summed E-state index contributed by atoms with van der Waals surface area (Å²) in [5, 5.41) is 2.26. The third-order valence-electron chi connectivity index (χ3n) is 7.38. The normalized spacial score (nSPS) is 12.4. The number of hydrogen-bond acceptors (Lipinski definition) is 4. The van der Waals surface area contributed by atoms with Crippen LogP contribution in [0.15, 0.2) is 112 Å². The fourth-order valence-electron chi connectivity index (χ4n) is 4.90. The van der Waals surface area contributed by atoms with Crippen molar-refractivity contribution in [3.05, 3.63) is 129 Å². The fourth-order valence-corrected chi connectivity index (χ4v) is 6.81. The smallest absolute Gasteiger partial charge is 0.354 e. The molecule has 4 aromatic rings. The van der Waals surface area contributed by atoms with E-state index in [9.17, 15) is 31.2 Å². The second-order valence-corrected chi connectivity index (χ2v) is 14.7. The molecule has 0 aliphatic carbocycles. The van der Waals surface area contributed by atoms with Gasteiger partial charge in [0.15, 0.2) is 0 Å². The van der Waals surface area contributed by atoms with E-state index < -0.39 is 56.9 Å². The molecule has 13 heteroatoms. The number of halogens is 5. The molecule has 0 radical (unpaired) electrons. The maximum Gasteiger partial charge on any atom is 0.417 e. The second kappa shape index (κ2) is 16.0. The van der Waals surface area contributed by atoms with Gasteiger partial charge < -0.3 is 10.2 Å². The summed E-state index contributed by atoms with van der Waals surface area (Å²) in [6.07, 6.45) is -4.81. The van der Waals surface area contributed by atoms with Crippen molar-refractivity contribution < 1.29 is 31.2 Å². The molecule has 4 aromatic carbocycles. The van der Waals surface area contributed by atoms with Gasteiger partial charge in [-0.05, 0) is 59.5 Å². The van der Waals surface area contributed by atoms with E-state index in [1.54, 1.807) is 42.5 Å². The lowest BCUT2D eigenvalue weighted by Gasteiger charge is -2.34. The molecule has 0 aliphatic heterocycles. The molecular formula is C35H34BrClF3N3O4S. The van der Waals surface area contributed by atoms with Crippen molar-refractivity contribution in [3.63, 3.8) is 0 Å². The third-order valence-corrected chi connectivity index (χ3v) is 10.0. The topological polar surface area (TPSA) is 86.8 Å². The largest absolute Gasteiger partial charge is 0.417 e. The standard InChI is InChI=1S/C35H34BrClF3N3O4S/c1-24(2)21-41-34(45)32(19-25-9-5-3-6-10-25)42(22-26-13-15-27(36)16-14-26)33(44)23-43(48(46,47)29-11-7-4-8-12-29)28-17-18-31(37)30(20-28)35(38,39)40/h3-18,20,24,32H,19,21-23H2,1-2H3,(H,41,45)/t32-/m0/s1. The highest BCUT2D eigenvalue weighted by molar-refractivity contribution is 9.10. The van der Waals surface area contributed by atoms with Crippen LogP contribution in [0.25, 0.3) is 0 Å². The van der Waals surface area contributed by atoms with Crippen LogP contribution in [0.3, 0.4) is 0 Å². The van der Waals surface area contributed by atoms with Crippen LogP contribution in [0.2, 0.25) is 5.02 Å². The van der Waals surface area contributed by atoms with Crippen molar-refractivity contribution in [2.75, 3.05) is 17.4 Å². The zero-order chi connectivity index (χ0) is 35.1. The van der Waals surface area contributed by atoms with Crippen molar-refractivity contribution in [2.45, 2.75) is 43.9 Å². The van der Waals surface area contributed by atoms with Crippen molar-refractivity contribution in [1.82, 2.24) is 10.2 Å². The molecule has 2 amide bonds. The highest BCUT2D eigenvalue weighted by Gasteiger charge is 2.37. The Labute approximate surface area is 291 Å². The number of rotatable bonds is 13. The average molecular weight is 765 g/mol. The Bertz CT molecular complexity index is 1810. The van der Waals surface area contributed by atoms with Gasteiger partial charge in [0.1, 0.15) is 12.6 Å². The minimum absolute atomic E-state index is 0.0909. The maximum atomic E-state index is 14.5. The number of carbonyl (C=O) groups excluding carboxylic acids is 2. The van der Waals surface area contributed by atoms with Gasteiger partial charge in [-0.15, -0.1) is 0 Å². The Morgan fingerprint density at radius 3 is 2.06 bits per heavy atom. The number of anilines is 1. The van der Waals surface area contributed by atoms with Gasteiger partial charge in [0.25, 0.3) is 10.0 Å². The highest BCUT2D eigenvalue weighted by atomic mass is 79.9. The molecular weight excluding hydrogens is 731 g/mol. The van der Waals surface area contributed by atoms with E-state index in [0.717, 1.165) is 22.2 Å². The summed E-state index contributed by atoms with van der Waals surface area (Å²) in [5.74, 6) is -1.16. The van der Waals surface area contributed by atoms with E-state index in [4.69, 9.17) is 11.6 Å². The Balaban J connectivity index is 1.85. The van der Waals surface area contributed by atoms with E-state index in [2.05, 4.69) is 21.2 Å². The highest BCUT2D eigenvalue weighted by Crippen LogP contribution is 2.38. The molecule has 0 bridgehead atoms. The summed E-state index contributed by atoms with van der Waals surface area (Å²) in [7, 11) is -4.59. The number of amides is 2. The molecule has 0 saturated carbocycles. The van der Waals surface area contributed by atoms with E-state index in [1.165, 1.54) is 29.2 Å². The van der Waals surface area contributed by atoms with Crippen LogP contribution >= 0.6 is 27.5 Å². The van der Waals surface area contributed by atoms with Crippen LogP contribution in [0.5, 0.6) is 0 Å². The van der Waals surface area contributed by atoms with Crippen LogP contribution in [0, 0.1) is 5.92 Å². The van der Waals surface area contributed by atoms with Gasteiger partial charge in [0.2, 0.25) is 11.8 Å². The summed E-state index contributed by atoms with van der Waals surface area (Å²) < 4.78 is 71.3.